The molecule has 0 atom stereocenters. The molecule has 0 saturated carbocycles. The van der Waals surface area contributed by atoms with Gasteiger partial charge in [0, 0.05) is 12.3 Å². The third-order valence-corrected chi connectivity index (χ3v) is 5.41. The van der Waals surface area contributed by atoms with E-state index in [4.69, 9.17) is 9.47 Å². The first kappa shape index (κ1) is 18.6. The van der Waals surface area contributed by atoms with Crippen LogP contribution in [-0.4, -0.2) is 50.2 Å². The molecule has 0 aliphatic rings. The molecule has 0 unspecified atom stereocenters. The van der Waals surface area contributed by atoms with Crippen LogP contribution in [0.4, 0.5) is 0 Å². The molecule has 0 spiro atoms. The number of rotatable bonds is 10. The molecule has 22 heavy (non-hydrogen) atoms. The minimum atomic E-state index is -3.32. The van der Waals surface area contributed by atoms with Crippen LogP contribution >= 0.6 is 0 Å². The third-order valence-electron chi connectivity index (χ3n) is 2.39. The molecular formula is C12H20N2O6S2. The highest BCUT2D eigenvalue weighted by atomic mass is 32.2. The lowest BCUT2D eigenvalue weighted by molar-refractivity contribution is 0.322. The second kappa shape index (κ2) is 8.28. The molecule has 0 fully saturated rings. The molecule has 0 N–H and O–H groups in total. The SMILES string of the molecule is CCCS(=O)(=O)COc1ccnc(OCS(=O)(=O)CCC)n1. The monoisotopic (exact) mass is 352 g/mol. The van der Waals surface area contributed by atoms with Gasteiger partial charge in [-0.2, -0.15) is 4.98 Å². The summed E-state index contributed by atoms with van der Waals surface area (Å²) >= 11 is 0. The molecule has 1 rings (SSSR count). The Morgan fingerprint density at radius 3 is 2.05 bits per heavy atom. The van der Waals surface area contributed by atoms with E-state index in [-0.39, 0.29) is 23.4 Å². The Labute approximate surface area is 130 Å². The molecule has 0 bridgehead atoms. The van der Waals surface area contributed by atoms with E-state index in [9.17, 15) is 16.8 Å². The lowest BCUT2D eigenvalue weighted by Gasteiger charge is -2.08. The number of ether oxygens (including phenoxy) is 2. The van der Waals surface area contributed by atoms with Gasteiger partial charge in [0.1, 0.15) is 0 Å². The van der Waals surface area contributed by atoms with Gasteiger partial charge in [0.15, 0.2) is 31.6 Å². The summed E-state index contributed by atoms with van der Waals surface area (Å²) in [6.07, 6.45) is 2.29. The Bertz CT molecular complexity index is 617. The van der Waals surface area contributed by atoms with Gasteiger partial charge < -0.3 is 9.47 Å². The Morgan fingerprint density at radius 2 is 1.50 bits per heavy atom. The number of sulfone groups is 2. The summed E-state index contributed by atoms with van der Waals surface area (Å²) in [5, 5.41) is 0. The fourth-order valence-electron chi connectivity index (χ4n) is 1.51. The number of hydrogen-bond donors (Lipinski definition) is 0. The zero-order chi connectivity index (χ0) is 16.6. The Morgan fingerprint density at radius 1 is 0.955 bits per heavy atom. The molecule has 8 nitrogen and oxygen atoms in total. The van der Waals surface area contributed by atoms with Crippen LogP contribution in [0, 0.1) is 0 Å². The Balaban J connectivity index is 2.63. The van der Waals surface area contributed by atoms with Crippen molar-refractivity contribution in [1.29, 1.82) is 0 Å². The summed E-state index contributed by atoms with van der Waals surface area (Å²) in [4.78, 5) is 7.57. The highest BCUT2D eigenvalue weighted by Crippen LogP contribution is 2.12. The van der Waals surface area contributed by atoms with Crippen LogP contribution < -0.4 is 9.47 Å². The topological polar surface area (TPSA) is 113 Å². The first-order valence-corrected chi connectivity index (χ1v) is 10.4. The van der Waals surface area contributed by atoms with Crippen LogP contribution in [0.2, 0.25) is 0 Å². The van der Waals surface area contributed by atoms with Crippen molar-refractivity contribution in [2.75, 3.05) is 23.4 Å². The Kier molecular flexibility index (Phi) is 7.01. The first-order chi connectivity index (χ1) is 10.3. The molecule has 1 aromatic heterocycles. The molecule has 1 aromatic rings. The lowest BCUT2D eigenvalue weighted by atomic mass is 10.6. The van der Waals surface area contributed by atoms with Gasteiger partial charge in [-0.1, -0.05) is 13.8 Å². The van der Waals surface area contributed by atoms with Gasteiger partial charge >= 0.3 is 6.01 Å². The van der Waals surface area contributed by atoms with E-state index in [1.54, 1.807) is 13.8 Å². The smallest absolute Gasteiger partial charge is 0.320 e. The van der Waals surface area contributed by atoms with Crippen LogP contribution in [0.1, 0.15) is 26.7 Å². The van der Waals surface area contributed by atoms with Crippen LogP contribution in [0.15, 0.2) is 12.3 Å². The quantitative estimate of drug-likeness (QED) is 0.607. The average molecular weight is 352 g/mol. The first-order valence-electron chi connectivity index (χ1n) is 6.77. The summed E-state index contributed by atoms with van der Waals surface area (Å²) in [7, 11) is -6.63. The van der Waals surface area contributed by atoms with E-state index >= 15 is 0 Å². The van der Waals surface area contributed by atoms with Crippen LogP contribution in [-0.2, 0) is 19.7 Å². The van der Waals surface area contributed by atoms with Crippen molar-refractivity contribution in [2.24, 2.45) is 0 Å². The maximum Gasteiger partial charge on any atom is 0.320 e. The summed E-state index contributed by atoms with van der Waals surface area (Å²) in [5.41, 5.74) is 0. The van der Waals surface area contributed by atoms with E-state index in [0.29, 0.717) is 12.8 Å². The van der Waals surface area contributed by atoms with Gasteiger partial charge in [-0.05, 0) is 12.8 Å². The molecule has 0 saturated heterocycles. The maximum atomic E-state index is 11.5. The van der Waals surface area contributed by atoms with Crippen molar-refractivity contribution in [1.82, 2.24) is 9.97 Å². The molecule has 1 heterocycles. The highest BCUT2D eigenvalue weighted by Gasteiger charge is 2.13. The van der Waals surface area contributed by atoms with E-state index in [1.807, 2.05) is 0 Å². The number of aromatic nitrogens is 2. The predicted molar refractivity (Wildman–Crippen MR) is 81.2 cm³/mol. The molecule has 126 valence electrons. The maximum absolute atomic E-state index is 11.5. The van der Waals surface area contributed by atoms with Crippen LogP contribution in [0.5, 0.6) is 11.9 Å². The minimum absolute atomic E-state index is 0.0116. The molecule has 0 aromatic carbocycles. The zero-order valence-electron chi connectivity index (χ0n) is 12.6. The molecule has 10 heteroatoms. The average Bonchev–Trinajstić information content (AvgIpc) is 2.44. The molecule has 0 amide bonds. The lowest BCUT2D eigenvalue weighted by Crippen LogP contribution is -2.17. The fourth-order valence-corrected chi connectivity index (χ4v) is 3.57. The van der Waals surface area contributed by atoms with Gasteiger partial charge in [-0.3, -0.25) is 0 Å². The molecule has 0 aliphatic carbocycles. The van der Waals surface area contributed by atoms with E-state index in [2.05, 4.69) is 9.97 Å². The van der Waals surface area contributed by atoms with Gasteiger partial charge in [-0.25, -0.2) is 21.8 Å². The fraction of sp³-hybridized carbons (Fsp3) is 0.667. The normalized spacial score (nSPS) is 12.1. The largest absolute Gasteiger partial charge is 0.461 e. The summed E-state index contributed by atoms with van der Waals surface area (Å²) in [6, 6.07) is 1.19. The minimum Gasteiger partial charge on any atom is -0.461 e. The summed E-state index contributed by atoms with van der Waals surface area (Å²) < 4.78 is 56.2. The number of nitrogens with zero attached hydrogens (tertiary/aromatic N) is 2. The summed E-state index contributed by atoms with van der Waals surface area (Å²) in [5.74, 6) is -0.975. The summed E-state index contributed by atoms with van der Waals surface area (Å²) in [6.45, 7) is 3.50. The van der Waals surface area contributed by atoms with Crippen molar-refractivity contribution in [3.8, 4) is 11.9 Å². The highest BCUT2D eigenvalue weighted by molar-refractivity contribution is 7.91. The predicted octanol–water partition coefficient (Wildman–Crippen LogP) is 0.799. The van der Waals surface area contributed by atoms with Crippen molar-refractivity contribution in [2.45, 2.75) is 26.7 Å². The second-order valence-corrected chi connectivity index (χ2v) is 8.86. The van der Waals surface area contributed by atoms with Crippen molar-refractivity contribution < 1.29 is 26.3 Å². The van der Waals surface area contributed by atoms with E-state index in [1.165, 1.54) is 12.3 Å². The molecule has 0 radical (unpaired) electrons. The van der Waals surface area contributed by atoms with Crippen LogP contribution in [0.3, 0.4) is 0 Å². The van der Waals surface area contributed by atoms with Crippen LogP contribution in [0.25, 0.3) is 0 Å². The van der Waals surface area contributed by atoms with E-state index in [0.717, 1.165) is 0 Å². The third kappa shape index (κ3) is 7.03. The molecular weight excluding hydrogens is 332 g/mol. The van der Waals surface area contributed by atoms with Crippen molar-refractivity contribution in [3.63, 3.8) is 0 Å². The van der Waals surface area contributed by atoms with Gasteiger partial charge in [0.25, 0.3) is 0 Å². The van der Waals surface area contributed by atoms with Crippen molar-refractivity contribution in [3.05, 3.63) is 12.3 Å². The Hall–Kier alpha value is -1.42. The van der Waals surface area contributed by atoms with Gasteiger partial charge in [0.05, 0.1) is 11.5 Å². The number of hydrogen-bond acceptors (Lipinski definition) is 8. The zero-order valence-corrected chi connectivity index (χ0v) is 14.2. The standard InChI is InChI=1S/C12H20N2O6S2/c1-3-7-21(15,16)9-19-11-5-6-13-12(14-11)20-10-22(17,18)8-4-2/h5-6H,3-4,7-10H2,1-2H3. The van der Waals surface area contributed by atoms with Gasteiger partial charge in [0.2, 0.25) is 5.88 Å². The molecule has 0 aliphatic heterocycles. The van der Waals surface area contributed by atoms with Gasteiger partial charge in [-0.15, -0.1) is 0 Å². The van der Waals surface area contributed by atoms with E-state index < -0.39 is 31.6 Å². The van der Waals surface area contributed by atoms with Crippen molar-refractivity contribution >= 4 is 19.7 Å². The second-order valence-electron chi connectivity index (χ2n) is 4.60.